The highest BCUT2D eigenvalue weighted by molar-refractivity contribution is 9.10. The van der Waals surface area contributed by atoms with Gasteiger partial charge in [0.15, 0.2) is 6.61 Å². The van der Waals surface area contributed by atoms with Crippen molar-refractivity contribution in [3.63, 3.8) is 0 Å². The van der Waals surface area contributed by atoms with Gasteiger partial charge in [-0.2, -0.15) is 0 Å². The predicted octanol–water partition coefficient (Wildman–Crippen LogP) is 5.38. The minimum absolute atomic E-state index is 0.0253. The molecule has 0 fully saturated rings. The fraction of sp³-hybridized carbons (Fsp3) is 0.316. The predicted molar refractivity (Wildman–Crippen MR) is 101 cm³/mol. The standard InChI is InChI=1S/C19H21BrClNO2/c1-13(2)10-17(14-6-4-3-5-7-14)22-19(23)12-24-18-9-8-15(20)11-16(18)21/h3-9,11,13,17H,10,12H2,1-2H3,(H,22,23)/t17-/m1/s1. The molecular weight excluding hydrogens is 390 g/mol. The average Bonchev–Trinajstić information content (AvgIpc) is 2.54. The molecule has 0 aliphatic heterocycles. The summed E-state index contributed by atoms with van der Waals surface area (Å²) in [5.74, 6) is 0.802. The molecule has 0 aromatic heterocycles. The Morgan fingerprint density at radius 3 is 2.54 bits per heavy atom. The number of hydrogen-bond acceptors (Lipinski definition) is 2. The molecule has 0 aliphatic carbocycles. The quantitative estimate of drug-likeness (QED) is 0.665. The van der Waals surface area contributed by atoms with Crippen molar-refractivity contribution in [3.8, 4) is 5.75 Å². The lowest BCUT2D eigenvalue weighted by Gasteiger charge is -2.21. The Bertz CT molecular complexity index is 676. The number of carbonyl (C=O) groups excluding carboxylic acids is 1. The first-order valence-corrected chi connectivity index (χ1v) is 9.05. The lowest BCUT2D eigenvalue weighted by Crippen LogP contribution is -2.33. The second-order valence-electron chi connectivity index (χ2n) is 6.02. The fourth-order valence-electron chi connectivity index (χ4n) is 2.41. The van der Waals surface area contributed by atoms with Gasteiger partial charge in [0.2, 0.25) is 0 Å². The molecule has 128 valence electrons. The van der Waals surface area contributed by atoms with Crippen molar-refractivity contribution in [2.24, 2.45) is 5.92 Å². The minimum Gasteiger partial charge on any atom is -0.482 e. The van der Waals surface area contributed by atoms with E-state index in [0.29, 0.717) is 16.7 Å². The lowest BCUT2D eigenvalue weighted by molar-refractivity contribution is -0.124. The number of halogens is 2. The molecule has 2 aromatic carbocycles. The van der Waals surface area contributed by atoms with E-state index in [-0.39, 0.29) is 18.6 Å². The van der Waals surface area contributed by atoms with Gasteiger partial charge in [-0.15, -0.1) is 0 Å². The van der Waals surface area contributed by atoms with Gasteiger partial charge in [0, 0.05) is 4.47 Å². The highest BCUT2D eigenvalue weighted by atomic mass is 79.9. The van der Waals surface area contributed by atoms with Crippen LogP contribution in [0.4, 0.5) is 0 Å². The summed E-state index contributed by atoms with van der Waals surface area (Å²) in [4.78, 5) is 12.3. The third-order valence-electron chi connectivity index (χ3n) is 3.50. The van der Waals surface area contributed by atoms with E-state index in [1.54, 1.807) is 12.1 Å². The Morgan fingerprint density at radius 1 is 1.21 bits per heavy atom. The molecule has 2 aromatic rings. The molecule has 1 N–H and O–H groups in total. The summed E-state index contributed by atoms with van der Waals surface area (Å²) < 4.78 is 6.40. The van der Waals surface area contributed by atoms with Crippen LogP contribution in [0.1, 0.15) is 31.9 Å². The Kier molecular flexibility index (Phi) is 7.13. The van der Waals surface area contributed by atoms with Gasteiger partial charge in [-0.05, 0) is 36.1 Å². The third kappa shape index (κ3) is 5.84. The number of benzene rings is 2. The van der Waals surface area contributed by atoms with E-state index in [2.05, 4.69) is 35.1 Å². The Labute approximate surface area is 156 Å². The van der Waals surface area contributed by atoms with Crippen molar-refractivity contribution < 1.29 is 9.53 Å². The van der Waals surface area contributed by atoms with Crippen molar-refractivity contribution >= 4 is 33.4 Å². The monoisotopic (exact) mass is 409 g/mol. The molecule has 5 heteroatoms. The van der Waals surface area contributed by atoms with E-state index in [9.17, 15) is 4.79 Å². The number of nitrogens with one attached hydrogen (secondary N) is 1. The van der Waals surface area contributed by atoms with Crippen LogP contribution in [0.15, 0.2) is 53.0 Å². The molecule has 0 aliphatic rings. The molecule has 1 amide bonds. The Morgan fingerprint density at radius 2 is 1.92 bits per heavy atom. The zero-order chi connectivity index (χ0) is 17.5. The Balaban J connectivity index is 1.97. The molecular formula is C19H21BrClNO2. The topological polar surface area (TPSA) is 38.3 Å². The van der Waals surface area contributed by atoms with Crippen LogP contribution in [-0.2, 0) is 4.79 Å². The normalized spacial score (nSPS) is 12.0. The maximum absolute atomic E-state index is 12.3. The first kappa shape index (κ1) is 18.8. The van der Waals surface area contributed by atoms with E-state index in [0.717, 1.165) is 16.5 Å². The molecule has 3 nitrogen and oxygen atoms in total. The zero-order valence-electron chi connectivity index (χ0n) is 13.8. The Hall–Kier alpha value is -1.52. The van der Waals surface area contributed by atoms with Crippen molar-refractivity contribution in [1.29, 1.82) is 0 Å². The maximum Gasteiger partial charge on any atom is 0.258 e. The largest absolute Gasteiger partial charge is 0.482 e. The molecule has 0 heterocycles. The van der Waals surface area contributed by atoms with Crippen molar-refractivity contribution in [2.45, 2.75) is 26.3 Å². The van der Waals surface area contributed by atoms with Crippen molar-refractivity contribution in [2.75, 3.05) is 6.61 Å². The van der Waals surface area contributed by atoms with Gasteiger partial charge in [0.25, 0.3) is 5.91 Å². The minimum atomic E-state index is -0.163. The van der Waals surface area contributed by atoms with Crippen LogP contribution in [0.5, 0.6) is 5.75 Å². The summed E-state index contributed by atoms with van der Waals surface area (Å²) in [6.45, 7) is 4.21. The molecule has 0 saturated heterocycles. The highest BCUT2D eigenvalue weighted by Crippen LogP contribution is 2.27. The number of carbonyl (C=O) groups is 1. The van der Waals surface area contributed by atoms with Gasteiger partial charge < -0.3 is 10.1 Å². The van der Waals surface area contributed by atoms with Gasteiger partial charge in [-0.1, -0.05) is 71.7 Å². The summed E-state index contributed by atoms with van der Waals surface area (Å²) in [6.07, 6.45) is 0.870. The number of rotatable bonds is 7. The molecule has 0 spiro atoms. The van der Waals surface area contributed by atoms with Crippen molar-refractivity contribution in [1.82, 2.24) is 5.32 Å². The van der Waals surface area contributed by atoms with Crippen LogP contribution in [0.3, 0.4) is 0 Å². The second-order valence-corrected chi connectivity index (χ2v) is 7.35. The van der Waals surface area contributed by atoms with Gasteiger partial charge >= 0.3 is 0 Å². The number of hydrogen-bond donors (Lipinski definition) is 1. The van der Waals surface area contributed by atoms with Crippen LogP contribution in [0.25, 0.3) is 0 Å². The van der Waals surface area contributed by atoms with Gasteiger partial charge in [-0.3, -0.25) is 4.79 Å². The fourth-order valence-corrected chi connectivity index (χ4v) is 3.13. The van der Waals surface area contributed by atoms with Crippen LogP contribution < -0.4 is 10.1 Å². The summed E-state index contributed by atoms with van der Waals surface area (Å²) in [5.41, 5.74) is 1.10. The van der Waals surface area contributed by atoms with Gasteiger partial charge in [0.1, 0.15) is 5.75 Å². The highest BCUT2D eigenvalue weighted by Gasteiger charge is 2.16. The smallest absolute Gasteiger partial charge is 0.258 e. The first-order chi connectivity index (χ1) is 11.5. The average molecular weight is 411 g/mol. The molecule has 24 heavy (non-hydrogen) atoms. The molecule has 2 rings (SSSR count). The van der Waals surface area contributed by atoms with Gasteiger partial charge in [0.05, 0.1) is 11.1 Å². The van der Waals surface area contributed by atoms with E-state index in [1.807, 2.05) is 36.4 Å². The zero-order valence-corrected chi connectivity index (χ0v) is 16.1. The molecule has 0 bridgehead atoms. The lowest BCUT2D eigenvalue weighted by atomic mass is 9.97. The number of ether oxygens (including phenoxy) is 1. The van der Waals surface area contributed by atoms with Crippen LogP contribution >= 0.6 is 27.5 Å². The van der Waals surface area contributed by atoms with Crippen molar-refractivity contribution in [3.05, 3.63) is 63.6 Å². The third-order valence-corrected chi connectivity index (χ3v) is 4.29. The number of amides is 1. The summed E-state index contributed by atoms with van der Waals surface area (Å²) in [7, 11) is 0. The SMILES string of the molecule is CC(C)C[C@@H](NC(=O)COc1ccc(Br)cc1Cl)c1ccccc1. The van der Waals surface area contributed by atoms with Gasteiger partial charge in [-0.25, -0.2) is 0 Å². The molecule has 0 radical (unpaired) electrons. The molecule has 0 unspecified atom stereocenters. The van der Waals surface area contributed by atoms with Crippen LogP contribution in [0.2, 0.25) is 5.02 Å². The van der Waals surface area contributed by atoms with Crippen LogP contribution in [-0.4, -0.2) is 12.5 Å². The van der Waals surface area contributed by atoms with E-state index < -0.39 is 0 Å². The van der Waals surface area contributed by atoms with E-state index >= 15 is 0 Å². The molecule has 0 saturated carbocycles. The molecule has 1 atom stereocenters. The van der Waals surface area contributed by atoms with E-state index in [1.165, 1.54) is 0 Å². The maximum atomic E-state index is 12.3. The first-order valence-electron chi connectivity index (χ1n) is 7.88. The summed E-state index contributed by atoms with van der Waals surface area (Å²) in [5, 5.41) is 3.52. The van der Waals surface area contributed by atoms with E-state index in [4.69, 9.17) is 16.3 Å². The van der Waals surface area contributed by atoms with Crippen LogP contribution in [0, 0.1) is 5.92 Å². The summed E-state index contributed by atoms with van der Waals surface area (Å²) >= 11 is 9.44. The summed E-state index contributed by atoms with van der Waals surface area (Å²) in [6, 6.07) is 15.3. The second kappa shape index (κ2) is 9.09.